The third-order valence-electron chi connectivity index (χ3n) is 5.30. The summed E-state index contributed by atoms with van der Waals surface area (Å²) in [7, 11) is 0. The Morgan fingerprint density at radius 3 is 2.58 bits per heavy atom. The normalized spacial score (nSPS) is 11.0. The fraction of sp³-hybridized carbons (Fsp3) is 0.231. The molecule has 4 aromatic rings. The number of nitriles is 1. The Kier molecular flexibility index (Phi) is 6.65. The van der Waals surface area contributed by atoms with Crippen LogP contribution in [0.2, 0.25) is 5.02 Å². The van der Waals surface area contributed by atoms with Crippen LogP contribution in [0.15, 0.2) is 59.5 Å². The van der Waals surface area contributed by atoms with E-state index in [4.69, 9.17) is 16.6 Å². The van der Waals surface area contributed by atoms with E-state index in [2.05, 4.69) is 49.2 Å². The van der Waals surface area contributed by atoms with Crippen molar-refractivity contribution < 1.29 is 0 Å². The minimum atomic E-state index is 0.627. The summed E-state index contributed by atoms with van der Waals surface area (Å²) < 4.78 is 0. The van der Waals surface area contributed by atoms with E-state index in [9.17, 15) is 5.26 Å². The number of aromatic nitrogens is 2. The summed E-state index contributed by atoms with van der Waals surface area (Å²) in [4.78, 5) is 9.72. The Hall–Kier alpha value is -2.74. The summed E-state index contributed by atoms with van der Waals surface area (Å²) in [5.74, 6) is 1.99. The lowest BCUT2D eigenvalue weighted by Gasteiger charge is -2.13. The lowest BCUT2D eigenvalue weighted by Crippen LogP contribution is -1.95. The lowest BCUT2D eigenvalue weighted by atomic mass is 9.92. The molecule has 3 nitrogen and oxygen atoms in total. The quantitative estimate of drug-likeness (QED) is 0.301. The number of halogens is 1. The van der Waals surface area contributed by atoms with Gasteiger partial charge in [-0.05, 0) is 47.6 Å². The first kappa shape index (κ1) is 21.5. The van der Waals surface area contributed by atoms with Gasteiger partial charge in [-0.1, -0.05) is 62.2 Å². The highest BCUT2D eigenvalue weighted by Crippen LogP contribution is 2.38. The predicted molar refractivity (Wildman–Crippen MR) is 131 cm³/mol. The molecular formula is C26H24ClN3S. The molecule has 0 saturated heterocycles. The number of hydrogen-bond donors (Lipinski definition) is 1. The first-order valence-corrected chi connectivity index (χ1v) is 11.9. The smallest absolute Gasteiger partial charge is 0.111 e. The Morgan fingerprint density at radius 1 is 1.10 bits per heavy atom. The summed E-state index contributed by atoms with van der Waals surface area (Å²) in [5.41, 5.74) is 6.63. The molecule has 156 valence electrons. The SMILES string of the molecule is CCCc1c(-c2ccccc2C#N)c(Cl)cc2[nH]c(Cc3ccc(SCC)cc3)nc12. The van der Waals surface area contributed by atoms with Gasteiger partial charge in [0.2, 0.25) is 0 Å². The molecule has 3 aromatic carbocycles. The Labute approximate surface area is 192 Å². The second kappa shape index (κ2) is 9.60. The summed E-state index contributed by atoms with van der Waals surface area (Å²) in [6.45, 7) is 4.31. The number of nitrogens with zero attached hydrogens (tertiary/aromatic N) is 2. The van der Waals surface area contributed by atoms with Crippen LogP contribution in [0.4, 0.5) is 0 Å². The number of aromatic amines is 1. The van der Waals surface area contributed by atoms with E-state index in [1.54, 1.807) is 0 Å². The van der Waals surface area contributed by atoms with Crippen molar-refractivity contribution in [2.24, 2.45) is 0 Å². The number of rotatable bonds is 7. The number of H-pyrrole nitrogens is 1. The molecule has 31 heavy (non-hydrogen) atoms. The number of benzene rings is 3. The van der Waals surface area contributed by atoms with Gasteiger partial charge in [-0.2, -0.15) is 5.26 Å². The molecule has 0 aliphatic rings. The van der Waals surface area contributed by atoms with Gasteiger partial charge in [-0.25, -0.2) is 4.98 Å². The van der Waals surface area contributed by atoms with Gasteiger partial charge in [-0.3, -0.25) is 0 Å². The zero-order chi connectivity index (χ0) is 21.8. The van der Waals surface area contributed by atoms with E-state index < -0.39 is 0 Å². The van der Waals surface area contributed by atoms with Gasteiger partial charge in [0.05, 0.1) is 27.7 Å². The van der Waals surface area contributed by atoms with Gasteiger partial charge < -0.3 is 4.98 Å². The highest BCUT2D eigenvalue weighted by molar-refractivity contribution is 7.99. The molecule has 0 radical (unpaired) electrons. The standard InChI is InChI=1S/C26H24ClN3S/c1-3-7-21-25(20-9-6-5-8-18(20)16-28)22(27)15-23-26(21)30-24(29-23)14-17-10-12-19(13-11-17)31-4-2/h5-6,8-13,15H,3-4,7,14H2,1-2H3,(H,29,30). The zero-order valence-electron chi connectivity index (χ0n) is 17.7. The molecule has 1 heterocycles. The minimum absolute atomic E-state index is 0.627. The minimum Gasteiger partial charge on any atom is -0.342 e. The van der Waals surface area contributed by atoms with Crippen LogP contribution in [0.1, 0.15) is 42.8 Å². The van der Waals surface area contributed by atoms with Crippen LogP contribution >= 0.6 is 23.4 Å². The monoisotopic (exact) mass is 445 g/mol. The Balaban J connectivity index is 1.79. The molecule has 5 heteroatoms. The molecule has 0 aliphatic heterocycles. The van der Waals surface area contributed by atoms with Crippen molar-refractivity contribution in [3.8, 4) is 17.2 Å². The molecule has 0 atom stereocenters. The van der Waals surface area contributed by atoms with E-state index >= 15 is 0 Å². The maximum atomic E-state index is 9.61. The van der Waals surface area contributed by atoms with Gasteiger partial charge in [0.15, 0.2) is 0 Å². The molecule has 0 bridgehead atoms. The van der Waals surface area contributed by atoms with E-state index in [-0.39, 0.29) is 0 Å². The molecular weight excluding hydrogens is 422 g/mol. The maximum absolute atomic E-state index is 9.61. The number of hydrogen-bond acceptors (Lipinski definition) is 3. The molecule has 0 spiro atoms. The fourth-order valence-corrected chi connectivity index (χ4v) is 4.95. The van der Waals surface area contributed by atoms with E-state index in [1.807, 2.05) is 42.1 Å². The summed E-state index contributed by atoms with van der Waals surface area (Å²) in [6, 6.07) is 20.5. The van der Waals surface area contributed by atoms with Gasteiger partial charge in [-0.15, -0.1) is 11.8 Å². The number of thioether (sulfide) groups is 1. The largest absolute Gasteiger partial charge is 0.342 e. The molecule has 4 rings (SSSR count). The predicted octanol–water partition coefficient (Wildman–Crippen LogP) is 7.41. The molecule has 0 aliphatic carbocycles. The molecule has 0 unspecified atom stereocenters. The first-order chi connectivity index (χ1) is 15.1. The number of fused-ring (bicyclic) bond motifs is 1. The Morgan fingerprint density at radius 2 is 1.87 bits per heavy atom. The van der Waals surface area contributed by atoms with Crippen LogP contribution in [0.5, 0.6) is 0 Å². The summed E-state index contributed by atoms with van der Waals surface area (Å²) in [5, 5.41) is 10.3. The average molecular weight is 446 g/mol. The van der Waals surface area contributed by atoms with Crippen molar-refractivity contribution in [2.45, 2.75) is 38.0 Å². The molecule has 1 N–H and O–H groups in total. The average Bonchev–Trinajstić information content (AvgIpc) is 3.17. The molecule has 1 aromatic heterocycles. The van der Waals surface area contributed by atoms with Gasteiger partial charge in [0, 0.05) is 22.4 Å². The van der Waals surface area contributed by atoms with Crippen LogP contribution in [-0.2, 0) is 12.8 Å². The second-order valence-corrected chi connectivity index (χ2v) is 9.20. The van der Waals surface area contributed by atoms with Crippen LogP contribution in [0.3, 0.4) is 0 Å². The number of aryl methyl sites for hydroxylation is 1. The van der Waals surface area contributed by atoms with Crippen LogP contribution < -0.4 is 0 Å². The third-order valence-corrected chi connectivity index (χ3v) is 6.49. The maximum Gasteiger partial charge on any atom is 0.111 e. The van der Waals surface area contributed by atoms with Crippen molar-refractivity contribution >= 4 is 34.4 Å². The van der Waals surface area contributed by atoms with E-state index in [0.717, 1.165) is 58.6 Å². The molecule has 0 amide bonds. The van der Waals surface area contributed by atoms with Gasteiger partial charge >= 0.3 is 0 Å². The third kappa shape index (κ3) is 4.49. The second-order valence-electron chi connectivity index (χ2n) is 7.45. The van der Waals surface area contributed by atoms with Crippen molar-refractivity contribution in [3.05, 3.63) is 82.1 Å². The zero-order valence-corrected chi connectivity index (χ0v) is 19.3. The molecule has 0 saturated carbocycles. The molecule has 0 fully saturated rings. The van der Waals surface area contributed by atoms with Crippen molar-refractivity contribution in [3.63, 3.8) is 0 Å². The van der Waals surface area contributed by atoms with E-state index in [1.165, 1.54) is 10.5 Å². The fourth-order valence-electron chi connectivity index (χ4n) is 3.96. The number of nitrogens with one attached hydrogen (secondary N) is 1. The van der Waals surface area contributed by atoms with Crippen LogP contribution in [0, 0.1) is 11.3 Å². The first-order valence-electron chi connectivity index (χ1n) is 10.6. The highest BCUT2D eigenvalue weighted by Gasteiger charge is 2.19. The van der Waals surface area contributed by atoms with Crippen molar-refractivity contribution in [1.29, 1.82) is 5.26 Å². The topological polar surface area (TPSA) is 52.5 Å². The van der Waals surface area contributed by atoms with Crippen LogP contribution in [0.25, 0.3) is 22.2 Å². The highest BCUT2D eigenvalue weighted by atomic mass is 35.5. The summed E-state index contributed by atoms with van der Waals surface area (Å²) in [6.07, 6.45) is 2.55. The Bertz CT molecular complexity index is 1250. The van der Waals surface area contributed by atoms with Gasteiger partial charge in [0.25, 0.3) is 0 Å². The van der Waals surface area contributed by atoms with Crippen molar-refractivity contribution in [2.75, 3.05) is 5.75 Å². The summed E-state index contributed by atoms with van der Waals surface area (Å²) >= 11 is 8.61. The lowest BCUT2D eigenvalue weighted by molar-refractivity contribution is 0.927. The van der Waals surface area contributed by atoms with Crippen molar-refractivity contribution in [1.82, 2.24) is 9.97 Å². The van der Waals surface area contributed by atoms with E-state index in [0.29, 0.717) is 10.6 Å². The van der Waals surface area contributed by atoms with Crippen LogP contribution in [-0.4, -0.2) is 15.7 Å². The number of imidazole rings is 1. The van der Waals surface area contributed by atoms with Gasteiger partial charge in [0.1, 0.15) is 5.82 Å².